The molecule has 0 nitrogen and oxygen atoms in total. The molecule has 0 bridgehead atoms. The van der Waals surface area contributed by atoms with Gasteiger partial charge in [0.05, 0.1) is 4.47 Å². The minimum absolute atomic E-state index is 0.308. The molecule has 0 aliphatic rings. The van der Waals surface area contributed by atoms with Crippen LogP contribution in [0.3, 0.4) is 0 Å². The summed E-state index contributed by atoms with van der Waals surface area (Å²) in [6.07, 6.45) is 2.48. The fourth-order valence-electron chi connectivity index (χ4n) is 0.640. The molecule has 0 unspecified atom stereocenters. The first kappa shape index (κ1) is 7.48. The lowest BCUT2D eigenvalue weighted by Gasteiger charge is -1.95. The maximum absolute atomic E-state index is 12.9. The molecular weight excluding hydrogens is 195 g/mol. The smallest absolute Gasteiger partial charge is 0.145 e. The van der Waals surface area contributed by atoms with E-state index in [4.69, 9.17) is 0 Å². The first-order chi connectivity index (χ1) is 4.75. The summed E-state index contributed by atoms with van der Waals surface area (Å²) < 4.78 is 13.3. The summed E-state index contributed by atoms with van der Waals surface area (Å²) in [4.78, 5) is 0. The second kappa shape index (κ2) is 2.97. The van der Waals surface area contributed by atoms with Crippen LogP contribution >= 0.6 is 15.9 Å². The van der Waals surface area contributed by atoms with Crippen molar-refractivity contribution in [3.8, 4) is 0 Å². The predicted octanol–water partition coefficient (Wildman–Crippen LogP) is 2.93. The molecule has 0 saturated carbocycles. The van der Waals surface area contributed by atoms with E-state index in [0.29, 0.717) is 10.0 Å². The van der Waals surface area contributed by atoms with Crippen LogP contribution in [0.15, 0.2) is 29.3 Å². The van der Waals surface area contributed by atoms with Crippen molar-refractivity contribution < 1.29 is 4.39 Å². The Bertz CT molecular complexity index is 255. The van der Waals surface area contributed by atoms with Gasteiger partial charge in [-0.1, -0.05) is 18.7 Å². The van der Waals surface area contributed by atoms with E-state index in [-0.39, 0.29) is 5.82 Å². The minimum Gasteiger partial charge on any atom is -0.205 e. The molecule has 1 rings (SSSR count). The lowest BCUT2D eigenvalue weighted by atomic mass is 10.2. The number of rotatable bonds is 1. The van der Waals surface area contributed by atoms with Gasteiger partial charge in [0.15, 0.2) is 0 Å². The number of hydrogen-bond donors (Lipinski definition) is 0. The predicted molar refractivity (Wildman–Crippen MR) is 42.1 cm³/mol. The molecule has 0 atom stereocenters. The summed E-state index contributed by atoms with van der Waals surface area (Å²) >= 11 is 3.04. The second-order valence-corrected chi connectivity index (χ2v) is 2.63. The highest BCUT2D eigenvalue weighted by atomic mass is 79.9. The number of hydrogen-bond acceptors (Lipinski definition) is 0. The quantitative estimate of drug-likeness (QED) is 0.653. The van der Waals surface area contributed by atoms with Crippen molar-refractivity contribution in [1.29, 1.82) is 0 Å². The Hall–Kier alpha value is -0.630. The van der Waals surface area contributed by atoms with E-state index in [1.165, 1.54) is 0 Å². The van der Waals surface area contributed by atoms with Crippen LogP contribution in [0, 0.1) is 11.9 Å². The third-order valence-corrected chi connectivity index (χ3v) is 1.75. The van der Waals surface area contributed by atoms with Crippen LogP contribution in [0.4, 0.5) is 4.39 Å². The molecule has 0 saturated heterocycles. The fourth-order valence-corrected chi connectivity index (χ4v) is 1.01. The first-order valence-corrected chi connectivity index (χ1v) is 3.52. The lowest BCUT2D eigenvalue weighted by Crippen LogP contribution is -1.82. The van der Waals surface area contributed by atoms with E-state index < -0.39 is 0 Å². The molecule has 0 aliphatic heterocycles. The Labute approximate surface area is 67.5 Å². The van der Waals surface area contributed by atoms with E-state index >= 15 is 0 Å². The van der Waals surface area contributed by atoms with Gasteiger partial charge in [-0.25, -0.2) is 4.39 Å². The van der Waals surface area contributed by atoms with E-state index in [0.717, 1.165) is 0 Å². The Morgan fingerprint density at radius 3 is 2.70 bits per heavy atom. The summed E-state index contributed by atoms with van der Waals surface area (Å²) in [7, 11) is 0. The van der Waals surface area contributed by atoms with Crippen LogP contribution in [-0.2, 0) is 0 Å². The van der Waals surface area contributed by atoms with E-state index in [1.807, 2.05) is 0 Å². The molecular formula is C8H5BrF. The summed E-state index contributed by atoms with van der Waals surface area (Å²) in [6, 6.07) is 4.99. The van der Waals surface area contributed by atoms with Crippen LogP contribution in [0.1, 0.15) is 5.56 Å². The van der Waals surface area contributed by atoms with E-state index in [9.17, 15) is 4.39 Å². The highest BCUT2D eigenvalue weighted by molar-refractivity contribution is 9.10. The van der Waals surface area contributed by atoms with Crippen LogP contribution in [-0.4, -0.2) is 0 Å². The normalized spacial score (nSPS) is 9.40. The Morgan fingerprint density at radius 1 is 1.50 bits per heavy atom. The van der Waals surface area contributed by atoms with Crippen LogP contribution in [0.5, 0.6) is 0 Å². The Balaban J connectivity index is 3.27. The summed E-state index contributed by atoms with van der Waals surface area (Å²) in [6.45, 7) is 3.35. The topological polar surface area (TPSA) is 0 Å². The largest absolute Gasteiger partial charge is 0.205 e. The Kier molecular flexibility index (Phi) is 2.22. The van der Waals surface area contributed by atoms with Gasteiger partial charge in [-0.3, -0.25) is 0 Å². The average Bonchev–Trinajstić information content (AvgIpc) is 1.95. The van der Waals surface area contributed by atoms with Crippen molar-refractivity contribution in [2.24, 2.45) is 0 Å². The van der Waals surface area contributed by atoms with Gasteiger partial charge in [-0.15, -0.1) is 0 Å². The molecule has 0 N–H and O–H groups in total. The molecule has 2 heteroatoms. The van der Waals surface area contributed by atoms with Crippen LogP contribution in [0.25, 0.3) is 0 Å². The van der Waals surface area contributed by atoms with Crippen LogP contribution < -0.4 is 0 Å². The summed E-state index contributed by atoms with van der Waals surface area (Å²) in [5, 5.41) is 0. The van der Waals surface area contributed by atoms with Crippen molar-refractivity contribution in [3.63, 3.8) is 0 Å². The van der Waals surface area contributed by atoms with Crippen molar-refractivity contribution in [1.82, 2.24) is 0 Å². The van der Waals surface area contributed by atoms with Crippen LogP contribution in [0.2, 0.25) is 0 Å². The fraction of sp³-hybridized carbons (Fsp3) is 0. The zero-order valence-electron chi connectivity index (χ0n) is 5.20. The number of benzene rings is 1. The van der Waals surface area contributed by atoms with Gasteiger partial charge in [0.25, 0.3) is 0 Å². The molecule has 0 fully saturated rings. The molecule has 0 aromatic heterocycles. The lowest BCUT2D eigenvalue weighted by molar-refractivity contribution is 0.615. The molecule has 0 spiro atoms. The van der Waals surface area contributed by atoms with E-state index in [1.54, 1.807) is 18.2 Å². The van der Waals surface area contributed by atoms with Gasteiger partial charge in [0.2, 0.25) is 0 Å². The summed E-state index contributed by atoms with van der Waals surface area (Å²) in [5.74, 6) is -0.308. The molecule has 1 radical (unpaired) electrons. The summed E-state index contributed by atoms with van der Waals surface area (Å²) in [5.41, 5.74) is 0.398. The van der Waals surface area contributed by atoms with Gasteiger partial charge in [-0.2, -0.15) is 0 Å². The molecule has 0 amide bonds. The standard InChI is InChI=1S/C8H5BrF/c1-2-6-4-3-5-7(9)8(6)10/h3-5H,1H2. The second-order valence-electron chi connectivity index (χ2n) is 1.78. The van der Waals surface area contributed by atoms with Gasteiger partial charge < -0.3 is 0 Å². The molecule has 1 aromatic rings. The van der Waals surface area contributed by atoms with Crippen molar-refractivity contribution in [2.75, 3.05) is 0 Å². The first-order valence-electron chi connectivity index (χ1n) is 2.73. The molecule has 51 valence electrons. The van der Waals surface area contributed by atoms with Gasteiger partial charge >= 0.3 is 0 Å². The molecule has 0 aliphatic carbocycles. The Morgan fingerprint density at radius 2 is 2.20 bits per heavy atom. The van der Waals surface area contributed by atoms with E-state index in [2.05, 4.69) is 28.6 Å². The highest BCUT2D eigenvalue weighted by Gasteiger charge is 2.00. The minimum atomic E-state index is -0.308. The molecule has 1 aromatic carbocycles. The SMILES string of the molecule is C=[C]c1cccc(Br)c1F. The zero-order chi connectivity index (χ0) is 7.56. The molecule has 0 heterocycles. The zero-order valence-corrected chi connectivity index (χ0v) is 6.78. The van der Waals surface area contributed by atoms with Gasteiger partial charge in [-0.05, 0) is 28.1 Å². The van der Waals surface area contributed by atoms with Crippen molar-refractivity contribution in [3.05, 3.63) is 46.7 Å². The van der Waals surface area contributed by atoms with Gasteiger partial charge in [0.1, 0.15) is 5.82 Å². The third-order valence-electron chi connectivity index (χ3n) is 1.14. The number of halogens is 2. The van der Waals surface area contributed by atoms with Gasteiger partial charge in [0, 0.05) is 5.56 Å². The monoisotopic (exact) mass is 199 g/mol. The maximum atomic E-state index is 12.9. The van der Waals surface area contributed by atoms with Crippen molar-refractivity contribution in [2.45, 2.75) is 0 Å². The van der Waals surface area contributed by atoms with Crippen molar-refractivity contribution >= 4 is 15.9 Å². The molecule has 10 heavy (non-hydrogen) atoms. The third kappa shape index (κ3) is 1.27. The average molecular weight is 200 g/mol. The maximum Gasteiger partial charge on any atom is 0.145 e. The highest BCUT2D eigenvalue weighted by Crippen LogP contribution is 2.17.